The first kappa shape index (κ1) is 23.1. The van der Waals surface area contributed by atoms with Gasteiger partial charge in [0.2, 0.25) is 0 Å². The highest BCUT2D eigenvalue weighted by molar-refractivity contribution is 14.1. The van der Waals surface area contributed by atoms with Gasteiger partial charge in [0.05, 0.1) is 0 Å². The molecule has 0 spiro atoms. The number of benzene rings is 1. The summed E-state index contributed by atoms with van der Waals surface area (Å²) in [5.74, 6) is -0.873. The van der Waals surface area contributed by atoms with Gasteiger partial charge in [0.1, 0.15) is 0 Å². The van der Waals surface area contributed by atoms with Gasteiger partial charge in [-0.1, -0.05) is 69.8 Å². The Morgan fingerprint density at radius 2 is 1.73 bits per heavy atom. The largest absolute Gasteiger partial charge is 0.370 e. The summed E-state index contributed by atoms with van der Waals surface area (Å²) in [6.07, 6.45) is 4.58. The fraction of sp³-hybridized carbons (Fsp3) is 0.368. The molecule has 0 radical (unpaired) electrons. The SMILES string of the molecule is CC(/C=C/C(=O)NO)=C\C(C)C(=O)c1ccc(N(CCI)CCI)cc1. The molecule has 1 aromatic rings. The number of carbonyl (C=O) groups excluding carboxylic acids is 2. The van der Waals surface area contributed by atoms with Crippen molar-refractivity contribution in [3.8, 4) is 0 Å². The van der Waals surface area contributed by atoms with Crippen LogP contribution in [0.3, 0.4) is 0 Å². The van der Waals surface area contributed by atoms with Gasteiger partial charge >= 0.3 is 0 Å². The third-order valence-corrected chi connectivity index (χ3v) is 4.72. The van der Waals surface area contributed by atoms with Crippen LogP contribution in [-0.4, -0.2) is 38.8 Å². The number of hydrogen-bond donors (Lipinski definition) is 2. The smallest absolute Gasteiger partial charge is 0.267 e. The molecule has 1 atom stereocenters. The number of carbonyl (C=O) groups is 2. The Balaban J connectivity index is 2.83. The van der Waals surface area contributed by atoms with Crippen LogP contribution in [0, 0.1) is 5.92 Å². The molecule has 142 valence electrons. The molecule has 0 heterocycles. The van der Waals surface area contributed by atoms with Crippen molar-refractivity contribution in [2.45, 2.75) is 13.8 Å². The van der Waals surface area contributed by atoms with E-state index in [2.05, 4.69) is 50.1 Å². The van der Waals surface area contributed by atoms with Crippen LogP contribution in [0.25, 0.3) is 0 Å². The van der Waals surface area contributed by atoms with Gasteiger partial charge in [-0.3, -0.25) is 14.8 Å². The van der Waals surface area contributed by atoms with Crippen molar-refractivity contribution in [2.75, 3.05) is 26.8 Å². The van der Waals surface area contributed by atoms with Gasteiger partial charge in [-0.25, -0.2) is 5.48 Å². The molecule has 5 nitrogen and oxygen atoms in total. The summed E-state index contributed by atoms with van der Waals surface area (Å²) in [6.45, 7) is 5.62. The fourth-order valence-corrected chi connectivity index (χ4v) is 3.61. The maximum absolute atomic E-state index is 12.6. The minimum Gasteiger partial charge on any atom is -0.370 e. The zero-order chi connectivity index (χ0) is 19.5. The molecule has 0 aliphatic carbocycles. The molecule has 0 fully saturated rings. The number of amides is 1. The molecule has 0 aromatic heterocycles. The van der Waals surface area contributed by atoms with Crippen LogP contribution in [0.15, 0.2) is 48.1 Å². The number of ketones is 1. The first-order valence-electron chi connectivity index (χ1n) is 8.24. The van der Waals surface area contributed by atoms with Gasteiger partial charge in [-0.2, -0.15) is 0 Å². The normalized spacial score (nSPS) is 12.9. The lowest BCUT2D eigenvalue weighted by molar-refractivity contribution is -0.124. The summed E-state index contributed by atoms with van der Waals surface area (Å²) in [7, 11) is 0. The molecule has 0 saturated heterocycles. The standard InChI is InChI=1S/C19H24I2N2O3/c1-14(3-8-18(24)22-26)13-15(2)19(25)16-4-6-17(7-5-16)23(11-9-20)12-10-21/h3-8,13,15,26H,9-12H2,1-2H3,(H,22,24)/b8-3+,14-13+. The van der Waals surface area contributed by atoms with Crippen molar-refractivity contribution in [3.05, 3.63) is 53.6 Å². The molecule has 1 unspecified atom stereocenters. The summed E-state index contributed by atoms with van der Waals surface area (Å²) in [4.78, 5) is 25.9. The minimum atomic E-state index is -0.602. The highest BCUT2D eigenvalue weighted by atomic mass is 127. The Bertz CT molecular complexity index is 651. The molecule has 1 aromatic carbocycles. The van der Waals surface area contributed by atoms with Crippen molar-refractivity contribution in [1.82, 2.24) is 5.48 Å². The lowest BCUT2D eigenvalue weighted by Crippen LogP contribution is -2.27. The molecule has 1 amide bonds. The summed E-state index contributed by atoms with van der Waals surface area (Å²) in [6, 6.07) is 7.75. The summed E-state index contributed by atoms with van der Waals surface area (Å²) in [5, 5.41) is 8.47. The molecule has 26 heavy (non-hydrogen) atoms. The maximum atomic E-state index is 12.6. The number of anilines is 1. The lowest BCUT2D eigenvalue weighted by atomic mass is 9.97. The predicted octanol–water partition coefficient (Wildman–Crippen LogP) is 4.19. The van der Waals surface area contributed by atoms with E-state index in [1.807, 2.05) is 31.2 Å². The molecule has 1 rings (SSSR count). The van der Waals surface area contributed by atoms with E-state index in [1.165, 1.54) is 11.6 Å². The number of allylic oxidation sites excluding steroid dienone is 3. The first-order chi connectivity index (χ1) is 12.4. The average Bonchev–Trinajstić information content (AvgIpc) is 2.65. The first-order valence-corrected chi connectivity index (χ1v) is 11.3. The molecule has 2 N–H and O–H groups in total. The topological polar surface area (TPSA) is 69.6 Å². The lowest BCUT2D eigenvalue weighted by Gasteiger charge is -2.23. The second-order valence-corrected chi connectivity index (χ2v) is 7.94. The molecule has 7 heteroatoms. The Labute approximate surface area is 182 Å². The van der Waals surface area contributed by atoms with E-state index in [9.17, 15) is 9.59 Å². The van der Waals surface area contributed by atoms with Crippen LogP contribution >= 0.6 is 45.2 Å². The van der Waals surface area contributed by atoms with E-state index in [0.29, 0.717) is 5.56 Å². The van der Waals surface area contributed by atoms with Gasteiger partial charge < -0.3 is 4.90 Å². The van der Waals surface area contributed by atoms with Crippen molar-refractivity contribution >= 4 is 62.6 Å². The number of halogens is 2. The molecule has 0 aliphatic heterocycles. The van der Waals surface area contributed by atoms with Crippen molar-refractivity contribution < 1.29 is 14.8 Å². The van der Waals surface area contributed by atoms with E-state index in [0.717, 1.165) is 33.2 Å². The number of hydroxylamine groups is 1. The minimum absolute atomic E-state index is 0.0326. The van der Waals surface area contributed by atoms with Crippen LogP contribution < -0.4 is 10.4 Å². The van der Waals surface area contributed by atoms with Gasteiger partial charge in [-0.15, -0.1) is 0 Å². The number of rotatable bonds is 10. The summed E-state index contributed by atoms with van der Waals surface area (Å²) in [5.41, 5.74) is 4.11. The number of nitrogens with zero attached hydrogens (tertiary/aromatic N) is 1. The third kappa shape index (κ3) is 7.75. The third-order valence-electron chi connectivity index (χ3n) is 3.76. The van der Waals surface area contributed by atoms with Crippen molar-refractivity contribution in [1.29, 1.82) is 0 Å². The molecule has 0 bridgehead atoms. The second kappa shape index (κ2) is 12.4. The van der Waals surface area contributed by atoms with E-state index in [4.69, 9.17) is 5.21 Å². The van der Waals surface area contributed by atoms with E-state index in [1.54, 1.807) is 19.1 Å². The quantitative estimate of drug-likeness (QED) is 0.0827. The Morgan fingerprint density at radius 3 is 2.23 bits per heavy atom. The number of Topliss-reactive ketones (excluding diaryl/α,β-unsaturated/α-hetero) is 1. The van der Waals surface area contributed by atoms with Crippen LogP contribution in [0.2, 0.25) is 0 Å². The Hall–Kier alpha value is -0.940. The molecular formula is C19H24I2N2O3. The maximum Gasteiger partial charge on any atom is 0.267 e. The van der Waals surface area contributed by atoms with E-state index in [-0.39, 0.29) is 11.7 Å². The second-order valence-electron chi connectivity index (χ2n) is 5.78. The number of alkyl halides is 2. The van der Waals surface area contributed by atoms with Crippen molar-refractivity contribution in [2.24, 2.45) is 5.92 Å². The van der Waals surface area contributed by atoms with Gasteiger partial charge in [0, 0.05) is 45.2 Å². The van der Waals surface area contributed by atoms with Crippen LogP contribution in [0.1, 0.15) is 24.2 Å². The van der Waals surface area contributed by atoms with Gasteiger partial charge in [-0.05, 0) is 31.2 Å². The predicted molar refractivity (Wildman–Crippen MR) is 123 cm³/mol. The zero-order valence-corrected chi connectivity index (χ0v) is 19.2. The number of nitrogens with one attached hydrogen (secondary N) is 1. The highest BCUT2D eigenvalue weighted by Gasteiger charge is 2.14. The van der Waals surface area contributed by atoms with Gasteiger partial charge in [0.15, 0.2) is 5.78 Å². The van der Waals surface area contributed by atoms with Crippen LogP contribution in [-0.2, 0) is 4.79 Å². The molecule has 0 aliphatic rings. The monoisotopic (exact) mass is 582 g/mol. The Kier molecular flexibility index (Phi) is 11.1. The van der Waals surface area contributed by atoms with E-state index < -0.39 is 5.91 Å². The van der Waals surface area contributed by atoms with Crippen molar-refractivity contribution in [3.63, 3.8) is 0 Å². The fourth-order valence-electron chi connectivity index (χ4n) is 2.44. The van der Waals surface area contributed by atoms with Gasteiger partial charge in [0.25, 0.3) is 5.91 Å². The summed E-state index contributed by atoms with van der Waals surface area (Å²) >= 11 is 4.74. The molecule has 0 saturated carbocycles. The highest BCUT2D eigenvalue weighted by Crippen LogP contribution is 2.19. The molecular weight excluding hydrogens is 558 g/mol. The number of hydrogen-bond acceptors (Lipinski definition) is 4. The Morgan fingerprint density at radius 1 is 1.15 bits per heavy atom. The zero-order valence-electron chi connectivity index (χ0n) is 14.9. The van der Waals surface area contributed by atoms with Crippen LogP contribution in [0.4, 0.5) is 5.69 Å². The average molecular weight is 582 g/mol. The van der Waals surface area contributed by atoms with Crippen LogP contribution in [0.5, 0.6) is 0 Å². The van der Waals surface area contributed by atoms with E-state index >= 15 is 0 Å². The summed E-state index contributed by atoms with van der Waals surface area (Å²) < 4.78 is 2.11.